The Labute approximate surface area is 133 Å². The number of hydrogen-bond acceptors (Lipinski definition) is 6. The van der Waals surface area contributed by atoms with Crippen LogP contribution >= 0.6 is 11.3 Å². The Balaban J connectivity index is 1.54. The summed E-state index contributed by atoms with van der Waals surface area (Å²) in [5.41, 5.74) is 6.10. The zero-order valence-corrected chi connectivity index (χ0v) is 13.3. The van der Waals surface area contributed by atoms with E-state index in [4.69, 9.17) is 5.73 Å². The van der Waals surface area contributed by atoms with Crippen molar-refractivity contribution in [2.24, 2.45) is 10.7 Å². The highest BCUT2D eigenvalue weighted by atomic mass is 32.1. The van der Waals surface area contributed by atoms with Crippen LogP contribution in [0.1, 0.15) is 9.88 Å². The van der Waals surface area contributed by atoms with Crippen molar-refractivity contribution >= 4 is 23.2 Å². The lowest BCUT2D eigenvalue weighted by Crippen LogP contribution is -2.51. The van der Waals surface area contributed by atoms with Gasteiger partial charge in [0.1, 0.15) is 0 Å². The van der Waals surface area contributed by atoms with Gasteiger partial charge in [-0.3, -0.25) is 0 Å². The average molecular weight is 317 g/mol. The monoisotopic (exact) mass is 317 g/mol. The topological polar surface area (TPSA) is 83.5 Å². The van der Waals surface area contributed by atoms with E-state index in [-0.39, 0.29) is 0 Å². The second kappa shape index (κ2) is 6.69. The van der Waals surface area contributed by atoms with Crippen LogP contribution in [0.3, 0.4) is 0 Å². The van der Waals surface area contributed by atoms with E-state index < -0.39 is 0 Å². The Morgan fingerprint density at radius 1 is 1.23 bits per heavy atom. The van der Waals surface area contributed by atoms with E-state index >= 15 is 0 Å². The van der Waals surface area contributed by atoms with Gasteiger partial charge in [0.2, 0.25) is 5.95 Å². The summed E-state index contributed by atoms with van der Waals surface area (Å²) in [6, 6.07) is 1.82. The van der Waals surface area contributed by atoms with Gasteiger partial charge in [-0.1, -0.05) is 0 Å². The Bertz CT molecular complexity index is 632. The highest BCUT2D eigenvalue weighted by molar-refractivity contribution is 7.11. The van der Waals surface area contributed by atoms with E-state index in [1.165, 1.54) is 0 Å². The van der Waals surface area contributed by atoms with Crippen molar-refractivity contribution in [2.45, 2.75) is 13.5 Å². The molecule has 0 aromatic carbocycles. The molecule has 3 rings (SSSR count). The third kappa shape index (κ3) is 3.51. The molecule has 0 radical (unpaired) electrons. The second-order valence-electron chi connectivity index (χ2n) is 5.04. The standard InChI is InChI=1S/C14H19N7S/c1-11-18-9-12(22-11)10-19-13(15)20-5-7-21(8-6-20)14-16-3-2-4-17-14/h2-4,9H,5-8,10H2,1H3,(H2,15,19). The van der Waals surface area contributed by atoms with Crippen molar-refractivity contribution < 1.29 is 0 Å². The van der Waals surface area contributed by atoms with Gasteiger partial charge in [-0.25, -0.2) is 19.9 Å². The second-order valence-corrected chi connectivity index (χ2v) is 6.36. The minimum atomic E-state index is 0.597. The molecule has 1 aliphatic rings. The maximum absolute atomic E-state index is 6.10. The van der Waals surface area contributed by atoms with Crippen LogP contribution in [-0.4, -0.2) is 52.0 Å². The molecular weight excluding hydrogens is 298 g/mol. The molecule has 0 unspecified atom stereocenters. The van der Waals surface area contributed by atoms with E-state index in [1.54, 1.807) is 23.7 Å². The van der Waals surface area contributed by atoms with Gasteiger partial charge in [0.25, 0.3) is 0 Å². The van der Waals surface area contributed by atoms with Crippen LogP contribution in [0.4, 0.5) is 5.95 Å². The number of hydrogen-bond donors (Lipinski definition) is 1. The number of aliphatic imine (C=N–C) groups is 1. The van der Waals surface area contributed by atoms with E-state index in [9.17, 15) is 0 Å². The van der Waals surface area contributed by atoms with Crippen molar-refractivity contribution in [3.63, 3.8) is 0 Å². The number of guanidine groups is 1. The van der Waals surface area contributed by atoms with Gasteiger partial charge in [-0.05, 0) is 13.0 Å². The van der Waals surface area contributed by atoms with E-state index in [0.717, 1.165) is 42.0 Å². The molecule has 1 fully saturated rings. The predicted octanol–water partition coefficient (Wildman–Crippen LogP) is 0.878. The SMILES string of the molecule is Cc1ncc(CN=C(N)N2CCN(c3ncccn3)CC2)s1. The van der Waals surface area contributed by atoms with Crippen molar-refractivity contribution in [1.82, 2.24) is 19.9 Å². The van der Waals surface area contributed by atoms with E-state index in [2.05, 4.69) is 29.7 Å². The minimum Gasteiger partial charge on any atom is -0.370 e. The third-order valence-electron chi connectivity index (χ3n) is 3.50. The summed E-state index contributed by atoms with van der Waals surface area (Å²) in [6.07, 6.45) is 5.39. The first-order chi connectivity index (χ1) is 10.7. The molecule has 116 valence electrons. The number of thiazole rings is 1. The predicted molar refractivity (Wildman–Crippen MR) is 88.0 cm³/mol. The van der Waals surface area contributed by atoms with Crippen LogP contribution in [0.15, 0.2) is 29.6 Å². The number of nitrogens with zero attached hydrogens (tertiary/aromatic N) is 6. The van der Waals surface area contributed by atoms with E-state index in [0.29, 0.717) is 12.5 Å². The summed E-state index contributed by atoms with van der Waals surface area (Å²) < 4.78 is 0. The quantitative estimate of drug-likeness (QED) is 0.668. The van der Waals surface area contributed by atoms with Crippen LogP contribution in [0, 0.1) is 6.92 Å². The van der Waals surface area contributed by atoms with E-state index in [1.807, 2.05) is 19.2 Å². The maximum Gasteiger partial charge on any atom is 0.225 e. The molecule has 2 N–H and O–H groups in total. The fraction of sp³-hybridized carbons (Fsp3) is 0.429. The normalized spacial score (nSPS) is 16.1. The van der Waals surface area contributed by atoms with Gasteiger partial charge in [-0.2, -0.15) is 0 Å². The van der Waals surface area contributed by atoms with Gasteiger partial charge in [0.15, 0.2) is 5.96 Å². The van der Waals surface area contributed by atoms with Crippen LogP contribution < -0.4 is 10.6 Å². The Morgan fingerprint density at radius 3 is 2.59 bits per heavy atom. The lowest BCUT2D eigenvalue weighted by Gasteiger charge is -2.35. The number of rotatable bonds is 3. The molecule has 2 aromatic rings. The van der Waals surface area contributed by atoms with Crippen molar-refractivity contribution in [3.05, 3.63) is 34.5 Å². The van der Waals surface area contributed by atoms with Crippen LogP contribution in [0.2, 0.25) is 0 Å². The molecule has 3 heterocycles. The number of anilines is 1. The number of piperazine rings is 1. The smallest absolute Gasteiger partial charge is 0.225 e. The van der Waals surface area contributed by atoms with Crippen molar-refractivity contribution in [3.8, 4) is 0 Å². The lowest BCUT2D eigenvalue weighted by molar-refractivity contribution is 0.378. The molecule has 8 heteroatoms. The van der Waals surface area contributed by atoms with Gasteiger partial charge < -0.3 is 15.5 Å². The molecule has 0 bridgehead atoms. The summed E-state index contributed by atoms with van der Waals surface area (Å²) >= 11 is 1.66. The summed E-state index contributed by atoms with van der Waals surface area (Å²) in [6.45, 7) is 5.94. The molecule has 0 aliphatic carbocycles. The summed E-state index contributed by atoms with van der Waals surface area (Å²) in [5.74, 6) is 1.37. The molecule has 2 aromatic heterocycles. The molecule has 1 aliphatic heterocycles. The van der Waals surface area contributed by atoms with Gasteiger partial charge >= 0.3 is 0 Å². The highest BCUT2D eigenvalue weighted by Gasteiger charge is 2.19. The van der Waals surface area contributed by atoms with Gasteiger partial charge in [0, 0.05) is 49.6 Å². The molecular formula is C14H19N7S. The number of aryl methyl sites for hydroxylation is 1. The molecule has 1 saturated heterocycles. The van der Waals surface area contributed by atoms with Crippen LogP contribution in [0.5, 0.6) is 0 Å². The minimum absolute atomic E-state index is 0.597. The summed E-state index contributed by atoms with van der Waals surface area (Å²) in [4.78, 5) is 22.7. The maximum atomic E-state index is 6.10. The van der Waals surface area contributed by atoms with Crippen LogP contribution in [0.25, 0.3) is 0 Å². The fourth-order valence-electron chi connectivity index (χ4n) is 2.33. The first-order valence-electron chi connectivity index (χ1n) is 7.20. The largest absolute Gasteiger partial charge is 0.370 e. The zero-order valence-electron chi connectivity index (χ0n) is 12.5. The first-order valence-corrected chi connectivity index (χ1v) is 8.02. The number of aromatic nitrogens is 3. The fourth-order valence-corrected chi connectivity index (χ4v) is 3.05. The highest BCUT2D eigenvalue weighted by Crippen LogP contribution is 2.13. The molecule has 7 nitrogen and oxygen atoms in total. The Kier molecular flexibility index (Phi) is 4.47. The number of nitrogens with two attached hydrogens (primary N) is 1. The van der Waals surface area contributed by atoms with Crippen molar-refractivity contribution in [2.75, 3.05) is 31.1 Å². The average Bonchev–Trinajstić information content (AvgIpc) is 2.99. The molecule has 0 saturated carbocycles. The zero-order chi connectivity index (χ0) is 15.4. The molecule has 0 spiro atoms. The Hall–Kier alpha value is -2.22. The van der Waals surface area contributed by atoms with Crippen LogP contribution in [-0.2, 0) is 6.54 Å². The van der Waals surface area contributed by atoms with Gasteiger partial charge in [-0.15, -0.1) is 11.3 Å². The summed E-state index contributed by atoms with van der Waals surface area (Å²) in [7, 11) is 0. The molecule has 22 heavy (non-hydrogen) atoms. The third-order valence-corrected chi connectivity index (χ3v) is 4.40. The molecule has 0 amide bonds. The van der Waals surface area contributed by atoms with Crippen molar-refractivity contribution in [1.29, 1.82) is 0 Å². The molecule has 0 atom stereocenters. The first kappa shape index (κ1) is 14.7. The lowest BCUT2D eigenvalue weighted by atomic mass is 10.3. The van der Waals surface area contributed by atoms with Gasteiger partial charge in [0.05, 0.1) is 11.6 Å². The summed E-state index contributed by atoms with van der Waals surface area (Å²) in [5, 5.41) is 1.06. The Morgan fingerprint density at radius 2 is 1.95 bits per heavy atom.